The van der Waals surface area contributed by atoms with Crippen LogP contribution in [0.3, 0.4) is 0 Å². The molecule has 0 saturated carbocycles. The normalized spacial score (nSPS) is 12.9. The van der Waals surface area contributed by atoms with Crippen LogP contribution in [-0.2, 0) is 9.47 Å². The lowest BCUT2D eigenvalue weighted by Gasteiger charge is -2.20. The van der Waals surface area contributed by atoms with Crippen molar-refractivity contribution in [2.24, 2.45) is 0 Å². The first kappa shape index (κ1) is 12.7. The summed E-state index contributed by atoms with van der Waals surface area (Å²) in [6, 6.07) is 9.43. The van der Waals surface area contributed by atoms with Crippen molar-refractivity contribution in [2.75, 3.05) is 14.2 Å². The number of aliphatic hydroxyl groups is 1. The Hall–Kier alpha value is -1.76. The zero-order chi connectivity index (χ0) is 13.0. The predicted octanol–water partition coefficient (Wildman–Crippen LogP) is 0.920. The minimum atomic E-state index is -0.963. The van der Waals surface area contributed by atoms with Gasteiger partial charge in [-0.25, -0.2) is 4.68 Å². The van der Waals surface area contributed by atoms with E-state index in [4.69, 9.17) is 9.47 Å². The first-order chi connectivity index (χ1) is 8.77. The number of para-hydroxylation sites is 1. The number of methoxy groups -OCH3 is 2. The molecule has 1 atom stereocenters. The molecule has 0 bridgehead atoms. The SMILES string of the molecule is COC(OC)C(O)c1cnnn1-c1ccccc1. The summed E-state index contributed by atoms with van der Waals surface area (Å²) in [5, 5.41) is 17.9. The van der Waals surface area contributed by atoms with Gasteiger partial charge in [-0.1, -0.05) is 23.4 Å². The fourth-order valence-corrected chi connectivity index (χ4v) is 1.71. The molecular weight excluding hydrogens is 234 g/mol. The maximum Gasteiger partial charge on any atom is 0.188 e. The van der Waals surface area contributed by atoms with E-state index in [9.17, 15) is 5.11 Å². The zero-order valence-corrected chi connectivity index (χ0v) is 10.2. The molecular formula is C12H15N3O3. The Morgan fingerprint density at radius 1 is 1.17 bits per heavy atom. The van der Waals surface area contributed by atoms with Gasteiger partial charge in [0.15, 0.2) is 6.29 Å². The predicted molar refractivity (Wildman–Crippen MR) is 64.1 cm³/mol. The molecule has 0 spiro atoms. The van der Waals surface area contributed by atoms with Gasteiger partial charge in [0.05, 0.1) is 17.6 Å². The van der Waals surface area contributed by atoms with Crippen LogP contribution >= 0.6 is 0 Å². The lowest BCUT2D eigenvalue weighted by Crippen LogP contribution is -2.24. The highest BCUT2D eigenvalue weighted by Gasteiger charge is 2.24. The molecule has 0 radical (unpaired) electrons. The van der Waals surface area contributed by atoms with Crippen LogP contribution in [0.15, 0.2) is 36.5 Å². The van der Waals surface area contributed by atoms with Crippen molar-refractivity contribution in [3.63, 3.8) is 0 Å². The zero-order valence-electron chi connectivity index (χ0n) is 10.2. The van der Waals surface area contributed by atoms with E-state index in [1.165, 1.54) is 20.4 Å². The molecule has 1 aromatic heterocycles. The van der Waals surface area contributed by atoms with Crippen molar-refractivity contribution in [3.05, 3.63) is 42.2 Å². The first-order valence-electron chi connectivity index (χ1n) is 5.47. The summed E-state index contributed by atoms with van der Waals surface area (Å²) in [7, 11) is 2.93. The second-order valence-corrected chi connectivity index (χ2v) is 3.69. The van der Waals surface area contributed by atoms with Crippen LogP contribution in [0, 0.1) is 0 Å². The van der Waals surface area contributed by atoms with Gasteiger partial charge < -0.3 is 14.6 Å². The van der Waals surface area contributed by atoms with Gasteiger partial charge in [0.2, 0.25) is 0 Å². The van der Waals surface area contributed by atoms with E-state index in [-0.39, 0.29) is 0 Å². The van der Waals surface area contributed by atoms with Crippen molar-refractivity contribution in [1.29, 1.82) is 0 Å². The highest BCUT2D eigenvalue weighted by Crippen LogP contribution is 2.20. The van der Waals surface area contributed by atoms with Gasteiger partial charge in [-0.3, -0.25) is 0 Å². The standard InChI is InChI=1S/C12H15N3O3/c1-17-12(18-2)11(16)10-8-13-14-15(10)9-6-4-3-5-7-9/h3-8,11-12,16H,1-2H3. The van der Waals surface area contributed by atoms with Gasteiger partial charge >= 0.3 is 0 Å². The third-order valence-electron chi connectivity index (χ3n) is 2.60. The van der Waals surface area contributed by atoms with Crippen molar-refractivity contribution >= 4 is 0 Å². The van der Waals surface area contributed by atoms with Gasteiger partial charge in [0, 0.05) is 14.2 Å². The van der Waals surface area contributed by atoms with Gasteiger partial charge in [-0.05, 0) is 12.1 Å². The molecule has 18 heavy (non-hydrogen) atoms. The van der Waals surface area contributed by atoms with Crippen LogP contribution in [0.2, 0.25) is 0 Å². The number of hydrogen-bond donors (Lipinski definition) is 1. The molecule has 1 aromatic carbocycles. The third kappa shape index (κ3) is 2.40. The molecule has 96 valence electrons. The molecule has 0 aliphatic heterocycles. The van der Waals surface area contributed by atoms with E-state index in [1.54, 1.807) is 4.68 Å². The Labute approximate surface area is 105 Å². The van der Waals surface area contributed by atoms with Crippen molar-refractivity contribution in [3.8, 4) is 5.69 Å². The minimum absolute atomic E-state index is 0.509. The number of rotatable bonds is 5. The molecule has 2 aromatic rings. The van der Waals surface area contributed by atoms with Crippen molar-refractivity contribution in [1.82, 2.24) is 15.0 Å². The molecule has 1 unspecified atom stereocenters. The van der Waals surface area contributed by atoms with Gasteiger partial charge in [0.25, 0.3) is 0 Å². The number of nitrogens with zero attached hydrogens (tertiary/aromatic N) is 3. The molecule has 6 nitrogen and oxygen atoms in total. The van der Waals surface area contributed by atoms with E-state index >= 15 is 0 Å². The van der Waals surface area contributed by atoms with E-state index in [2.05, 4.69) is 10.3 Å². The van der Waals surface area contributed by atoms with E-state index in [1.807, 2.05) is 30.3 Å². The minimum Gasteiger partial charge on any atom is -0.381 e. The van der Waals surface area contributed by atoms with E-state index in [0.29, 0.717) is 5.69 Å². The fourth-order valence-electron chi connectivity index (χ4n) is 1.71. The van der Waals surface area contributed by atoms with Gasteiger partial charge in [-0.2, -0.15) is 0 Å². The van der Waals surface area contributed by atoms with E-state index in [0.717, 1.165) is 5.69 Å². The Morgan fingerprint density at radius 2 is 1.83 bits per heavy atom. The maximum absolute atomic E-state index is 10.2. The topological polar surface area (TPSA) is 69.4 Å². The average Bonchev–Trinajstić information content (AvgIpc) is 2.90. The Balaban J connectivity index is 2.33. The van der Waals surface area contributed by atoms with Crippen molar-refractivity contribution < 1.29 is 14.6 Å². The van der Waals surface area contributed by atoms with Crippen LogP contribution in [0.25, 0.3) is 5.69 Å². The van der Waals surface area contributed by atoms with Crippen LogP contribution in [0.1, 0.15) is 11.8 Å². The van der Waals surface area contributed by atoms with Crippen LogP contribution in [0.5, 0.6) is 0 Å². The second kappa shape index (κ2) is 5.72. The average molecular weight is 249 g/mol. The van der Waals surface area contributed by atoms with Gasteiger partial charge in [-0.15, -0.1) is 5.10 Å². The summed E-state index contributed by atoms with van der Waals surface area (Å²) in [6.07, 6.45) is -0.232. The van der Waals surface area contributed by atoms with Gasteiger partial charge in [0.1, 0.15) is 6.10 Å². The summed E-state index contributed by atoms with van der Waals surface area (Å²) >= 11 is 0. The molecule has 1 N–H and O–H groups in total. The Kier molecular flexibility index (Phi) is 4.03. The van der Waals surface area contributed by atoms with Crippen LogP contribution in [-0.4, -0.2) is 40.6 Å². The number of hydrogen-bond acceptors (Lipinski definition) is 5. The maximum atomic E-state index is 10.2. The Morgan fingerprint density at radius 3 is 2.44 bits per heavy atom. The smallest absolute Gasteiger partial charge is 0.188 e. The highest BCUT2D eigenvalue weighted by molar-refractivity contribution is 5.32. The Bertz CT molecular complexity index is 482. The molecule has 0 fully saturated rings. The van der Waals surface area contributed by atoms with Crippen LogP contribution in [0.4, 0.5) is 0 Å². The summed E-state index contributed by atoms with van der Waals surface area (Å²) in [6.45, 7) is 0. The second-order valence-electron chi connectivity index (χ2n) is 3.69. The largest absolute Gasteiger partial charge is 0.381 e. The molecule has 0 aliphatic rings. The number of benzene rings is 1. The highest BCUT2D eigenvalue weighted by atomic mass is 16.7. The lowest BCUT2D eigenvalue weighted by atomic mass is 10.2. The molecule has 6 heteroatoms. The number of aromatic nitrogens is 3. The lowest BCUT2D eigenvalue weighted by molar-refractivity contribution is -0.167. The first-order valence-corrected chi connectivity index (χ1v) is 5.47. The van der Waals surface area contributed by atoms with Crippen molar-refractivity contribution in [2.45, 2.75) is 12.4 Å². The summed E-state index contributed by atoms with van der Waals surface area (Å²) in [5.74, 6) is 0. The summed E-state index contributed by atoms with van der Waals surface area (Å²) in [4.78, 5) is 0. The molecule has 0 aliphatic carbocycles. The molecule has 0 amide bonds. The fraction of sp³-hybridized carbons (Fsp3) is 0.333. The number of ether oxygens (including phenoxy) is 2. The summed E-state index contributed by atoms with van der Waals surface area (Å²) in [5.41, 5.74) is 1.32. The molecule has 1 heterocycles. The molecule has 0 saturated heterocycles. The van der Waals surface area contributed by atoms with Crippen LogP contribution < -0.4 is 0 Å². The molecule has 2 rings (SSSR count). The summed E-state index contributed by atoms with van der Waals surface area (Å²) < 4.78 is 11.6. The number of aliphatic hydroxyl groups excluding tert-OH is 1. The quantitative estimate of drug-likeness (QED) is 0.798. The van der Waals surface area contributed by atoms with E-state index < -0.39 is 12.4 Å². The third-order valence-corrected chi connectivity index (χ3v) is 2.60. The monoisotopic (exact) mass is 249 g/mol.